The molecule has 1 aromatic rings. The lowest BCUT2D eigenvalue weighted by Gasteiger charge is -2.12. The van der Waals surface area contributed by atoms with Gasteiger partial charge in [-0.05, 0) is 12.1 Å². The van der Waals surface area contributed by atoms with Crippen molar-refractivity contribution in [2.24, 2.45) is 5.73 Å². The Morgan fingerprint density at radius 1 is 1.47 bits per heavy atom. The average Bonchev–Trinajstić information content (AvgIpc) is 2.29. The van der Waals surface area contributed by atoms with Crippen molar-refractivity contribution in [1.82, 2.24) is 0 Å². The fraction of sp³-hybridized carbons (Fsp3) is 0.273. The van der Waals surface area contributed by atoms with Crippen molar-refractivity contribution in [2.75, 3.05) is 13.7 Å². The molecule has 0 fully saturated rings. The monoisotopic (exact) mass is 227 g/mol. The van der Waals surface area contributed by atoms with Gasteiger partial charge in [0, 0.05) is 17.6 Å². The van der Waals surface area contributed by atoms with Crippen LogP contribution in [0.4, 0.5) is 0 Å². The molecule has 82 valence electrons. The minimum Gasteiger partial charge on any atom is -0.493 e. The van der Waals surface area contributed by atoms with Gasteiger partial charge in [0.15, 0.2) is 11.5 Å². The van der Waals surface area contributed by atoms with E-state index < -0.39 is 0 Å². The lowest BCUT2D eigenvalue weighted by Crippen LogP contribution is -2.04. The van der Waals surface area contributed by atoms with Gasteiger partial charge in [0.1, 0.15) is 6.61 Å². The van der Waals surface area contributed by atoms with E-state index in [1.807, 2.05) is 18.2 Å². The molecule has 0 radical (unpaired) electrons. The van der Waals surface area contributed by atoms with Crippen LogP contribution in [0, 0.1) is 0 Å². The molecule has 0 heterocycles. The molecule has 0 bridgehead atoms. The highest BCUT2D eigenvalue weighted by molar-refractivity contribution is 6.25. The van der Waals surface area contributed by atoms with Crippen LogP contribution in [-0.4, -0.2) is 13.7 Å². The van der Waals surface area contributed by atoms with Gasteiger partial charge in [0.05, 0.1) is 7.11 Å². The Morgan fingerprint density at radius 2 is 2.27 bits per heavy atom. The molecule has 3 nitrogen and oxygen atoms in total. The van der Waals surface area contributed by atoms with Crippen LogP contribution in [-0.2, 0) is 6.54 Å². The van der Waals surface area contributed by atoms with Crippen molar-refractivity contribution in [3.05, 3.63) is 35.4 Å². The highest BCUT2D eigenvalue weighted by atomic mass is 35.5. The van der Waals surface area contributed by atoms with Crippen molar-refractivity contribution in [2.45, 2.75) is 6.54 Å². The second-order valence-electron chi connectivity index (χ2n) is 2.83. The summed E-state index contributed by atoms with van der Waals surface area (Å²) >= 11 is 5.40. The van der Waals surface area contributed by atoms with Gasteiger partial charge in [-0.1, -0.05) is 23.7 Å². The predicted octanol–water partition coefficient (Wildman–Crippen LogP) is 2.29. The van der Waals surface area contributed by atoms with Crippen LogP contribution < -0.4 is 15.2 Å². The Kier molecular flexibility index (Phi) is 5.01. The molecular formula is C11H14ClNO2. The van der Waals surface area contributed by atoms with Crippen LogP contribution in [0.3, 0.4) is 0 Å². The third-order valence-corrected chi connectivity index (χ3v) is 2.09. The number of hydrogen-bond donors (Lipinski definition) is 1. The molecule has 2 N–H and O–H groups in total. The molecule has 0 aliphatic rings. The standard InChI is InChI=1S/C11H14ClNO2/c1-14-10-5-2-4-9(8-13)11(10)15-7-3-6-12/h2-6H,7-8,13H2,1H3/b6-3+. The van der Waals surface area contributed by atoms with E-state index in [0.717, 1.165) is 5.56 Å². The molecular weight excluding hydrogens is 214 g/mol. The SMILES string of the molecule is COc1cccc(CN)c1OC/C=C/Cl. The molecule has 0 aliphatic heterocycles. The maximum Gasteiger partial charge on any atom is 0.166 e. The zero-order valence-electron chi connectivity index (χ0n) is 8.57. The number of benzene rings is 1. The van der Waals surface area contributed by atoms with E-state index in [1.54, 1.807) is 13.2 Å². The van der Waals surface area contributed by atoms with Crippen LogP contribution >= 0.6 is 11.6 Å². The van der Waals surface area contributed by atoms with Gasteiger partial charge in [0.25, 0.3) is 0 Å². The smallest absolute Gasteiger partial charge is 0.166 e. The quantitative estimate of drug-likeness (QED) is 0.840. The Labute approximate surface area is 94.4 Å². The number of hydrogen-bond acceptors (Lipinski definition) is 3. The van der Waals surface area contributed by atoms with Crippen molar-refractivity contribution < 1.29 is 9.47 Å². The summed E-state index contributed by atoms with van der Waals surface area (Å²) in [7, 11) is 1.60. The first-order valence-corrected chi connectivity index (χ1v) is 5.01. The van der Waals surface area contributed by atoms with Crippen molar-refractivity contribution in [3.8, 4) is 11.5 Å². The Bertz CT molecular complexity index is 317. The summed E-state index contributed by atoms with van der Waals surface area (Å²) in [4.78, 5) is 0. The summed E-state index contributed by atoms with van der Waals surface area (Å²) in [6, 6.07) is 5.62. The van der Waals surface area contributed by atoms with E-state index in [0.29, 0.717) is 24.7 Å². The van der Waals surface area contributed by atoms with Crippen LogP contribution in [0.1, 0.15) is 5.56 Å². The second kappa shape index (κ2) is 6.32. The largest absolute Gasteiger partial charge is 0.493 e. The maximum absolute atomic E-state index is 5.60. The zero-order chi connectivity index (χ0) is 11.1. The second-order valence-corrected chi connectivity index (χ2v) is 3.08. The highest BCUT2D eigenvalue weighted by Gasteiger charge is 2.08. The van der Waals surface area contributed by atoms with Crippen LogP contribution in [0.2, 0.25) is 0 Å². The normalized spacial score (nSPS) is 10.6. The molecule has 1 rings (SSSR count). The van der Waals surface area contributed by atoms with Crippen LogP contribution in [0.15, 0.2) is 29.8 Å². The molecule has 15 heavy (non-hydrogen) atoms. The van der Waals surface area contributed by atoms with E-state index >= 15 is 0 Å². The molecule has 0 aliphatic carbocycles. The van der Waals surface area contributed by atoms with Gasteiger partial charge >= 0.3 is 0 Å². The Balaban J connectivity index is 2.89. The summed E-state index contributed by atoms with van der Waals surface area (Å²) in [6.07, 6.45) is 1.70. The average molecular weight is 228 g/mol. The predicted molar refractivity (Wildman–Crippen MR) is 61.4 cm³/mol. The summed E-state index contributed by atoms with van der Waals surface area (Å²) < 4.78 is 10.7. The maximum atomic E-state index is 5.60. The van der Waals surface area contributed by atoms with Crippen molar-refractivity contribution in [1.29, 1.82) is 0 Å². The van der Waals surface area contributed by atoms with Crippen LogP contribution in [0.25, 0.3) is 0 Å². The molecule has 0 spiro atoms. The Morgan fingerprint density at radius 3 is 2.87 bits per heavy atom. The molecule has 1 aromatic carbocycles. The number of ether oxygens (including phenoxy) is 2. The summed E-state index contributed by atoms with van der Waals surface area (Å²) in [6.45, 7) is 0.813. The molecule has 0 unspecified atom stereocenters. The van der Waals surface area contributed by atoms with Gasteiger partial charge in [-0.3, -0.25) is 0 Å². The third kappa shape index (κ3) is 3.15. The van der Waals surface area contributed by atoms with Crippen molar-refractivity contribution >= 4 is 11.6 Å². The third-order valence-electron chi connectivity index (χ3n) is 1.91. The zero-order valence-corrected chi connectivity index (χ0v) is 9.33. The van der Waals surface area contributed by atoms with E-state index in [1.165, 1.54) is 5.54 Å². The van der Waals surface area contributed by atoms with E-state index in [-0.39, 0.29) is 0 Å². The lowest BCUT2D eigenvalue weighted by molar-refractivity contribution is 0.323. The summed E-state index contributed by atoms with van der Waals surface area (Å²) in [5.41, 5.74) is 7.93. The minimum absolute atomic E-state index is 0.400. The van der Waals surface area contributed by atoms with E-state index in [9.17, 15) is 0 Å². The van der Waals surface area contributed by atoms with E-state index in [4.69, 9.17) is 26.8 Å². The number of para-hydroxylation sites is 1. The van der Waals surface area contributed by atoms with E-state index in [2.05, 4.69) is 0 Å². The van der Waals surface area contributed by atoms with Gasteiger partial charge in [-0.25, -0.2) is 0 Å². The van der Waals surface area contributed by atoms with Crippen LogP contribution in [0.5, 0.6) is 11.5 Å². The van der Waals surface area contributed by atoms with Gasteiger partial charge < -0.3 is 15.2 Å². The molecule has 0 aromatic heterocycles. The van der Waals surface area contributed by atoms with Crippen molar-refractivity contribution in [3.63, 3.8) is 0 Å². The first-order chi connectivity index (χ1) is 7.33. The first-order valence-electron chi connectivity index (χ1n) is 4.57. The van der Waals surface area contributed by atoms with Gasteiger partial charge in [0.2, 0.25) is 0 Å². The van der Waals surface area contributed by atoms with Gasteiger partial charge in [-0.2, -0.15) is 0 Å². The minimum atomic E-state index is 0.400. The molecule has 0 amide bonds. The summed E-state index contributed by atoms with van der Waals surface area (Å²) in [5, 5.41) is 0. The Hall–Kier alpha value is -1.19. The lowest BCUT2D eigenvalue weighted by atomic mass is 10.2. The first kappa shape index (κ1) is 11.9. The fourth-order valence-corrected chi connectivity index (χ4v) is 1.29. The molecule has 0 saturated carbocycles. The number of nitrogens with two attached hydrogens (primary N) is 1. The number of rotatable bonds is 5. The summed E-state index contributed by atoms with van der Waals surface area (Å²) in [5.74, 6) is 1.36. The molecule has 4 heteroatoms. The molecule has 0 saturated heterocycles. The fourth-order valence-electron chi connectivity index (χ4n) is 1.21. The number of halogens is 1. The van der Waals surface area contributed by atoms with Gasteiger partial charge in [-0.15, -0.1) is 0 Å². The molecule has 0 atom stereocenters. The topological polar surface area (TPSA) is 44.5 Å². The highest BCUT2D eigenvalue weighted by Crippen LogP contribution is 2.30. The number of methoxy groups -OCH3 is 1.